The number of carbonyl (C=O) groups is 1. The van der Waals surface area contributed by atoms with E-state index in [1.165, 1.54) is 11.0 Å². The normalized spacial score (nSPS) is 11.9. The van der Waals surface area contributed by atoms with Crippen LogP contribution in [0, 0.1) is 0 Å². The van der Waals surface area contributed by atoms with Gasteiger partial charge in [-0.1, -0.05) is 30.3 Å². The smallest absolute Gasteiger partial charge is 0.249 e. The van der Waals surface area contributed by atoms with Gasteiger partial charge in [0.25, 0.3) is 0 Å². The monoisotopic (exact) mass is 362 g/mol. The number of carbonyl (C=O) groups excluding carboxylic acids is 1. The second-order valence-electron chi connectivity index (χ2n) is 5.52. The number of hydrogen-bond acceptors (Lipinski definition) is 8. The van der Waals surface area contributed by atoms with Crippen LogP contribution in [0.15, 0.2) is 55.2 Å². The molecule has 1 aromatic carbocycles. The van der Waals surface area contributed by atoms with Gasteiger partial charge in [0.15, 0.2) is 6.04 Å². The predicted molar refractivity (Wildman–Crippen MR) is 91.7 cm³/mol. The fourth-order valence-electron chi connectivity index (χ4n) is 2.52. The second kappa shape index (κ2) is 7.47. The third-order valence-electron chi connectivity index (χ3n) is 3.75. The van der Waals surface area contributed by atoms with Crippen LogP contribution in [-0.4, -0.2) is 51.3 Å². The van der Waals surface area contributed by atoms with Crippen molar-refractivity contribution in [1.82, 2.24) is 50.7 Å². The number of hydrogen-bond donors (Lipinski definition) is 2. The molecular weight excluding hydrogens is 348 g/mol. The first-order valence-corrected chi connectivity index (χ1v) is 8.04. The highest BCUT2D eigenvalue weighted by molar-refractivity contribution is 5.83. The van der Waals surface area contributed by atoms with E-state index in [1.54, 1.807) is 18.6 Å². The first kappa shape index (κ1) is 16.4. The van der Waals surface area contributed by atoms with Crippen molar-refractivity contribution < 1.29 is 4.79 Å². The summed E-state index contributed by atoms with van der Waals surface area (Å²) in [4.78, 5) is 25.2. The number of H-pyrrole nitrogens is 1. The Bertz CT molecular complexity index is 1000. The van der Waals surface area contributed by atoms with Crippen LogP contribution in [0.5, 0.6) is 0 Å². The Hall–Kier alpha value is -4.02. The Morgan fingerprint density at radius 2 is 2.11 bits per heavy atom. The van der Waals surface area contributed by atoms with Gasteiger partial charge in [-0.2, -0.15) is 5.10 Å². The zero-order chi connectivity index (χ0) is 18.5. The first-order valence-electron chi connectivity index (χ1n) is 8.04. The van der Waals surface area contributed by atoms with Crippen LogP contribution in [0.25, 0.3) is 11.5 Å². The number of rotatable bonds is 6. The SMILES string of the molecule is O=C(NCc1nc(-c2cnccn2)n[nH]1)C(c1ccccc1)n1cnnn1. The van der Waals surface area contributed by atoms with Gasteiger partial charge in [0.05, 0.1) is 12.7 Å². The highest BCUT2D eigenvalue weighted by Gasteiger charge is 2.23. The average molecular weight is 362 g/mol. The fraction of sp³-hybridized carbons (Fsp3) is 0.125. The van der Waals surface area contributed by atoms with E-state index < -0.39 is 6.04 Å². The van der Waals surface area contributed by atoms with Crippen molar-refractivity contribution in [3.05, 3.63) is 66.6 Å². The van der Waals surface area contributed by atoms with Gasteiger partial charge in [0.1, 0.15) is 17.8 Å². The zero-order valence-corrected chi connectivity index (χ0v) is 14.0. The molecule has 0 spiro atoms. The highest BCUT2D eigenvalue weighted by Crippen LogP contribution is 2.17. The molecule has 0 saturated heterocycles. The van der Waals surface area contributed by atoms with Gasteiger partial charge in [0.2, 0.25) is 11.7 Å². The molecule has 0 aliphatic carbocycles. The lowest BCUT2D eigenvalue weighted by Crippen LogP contribution is -2.33. The van der Waals surface area contributed by atoms with Crippen molar-refractivity contribution in [1.29, 1.82) is 0 Å². The van der Waals surface area contributed by atoms with E-state index in [4.69, 9.17) is 0 Å². The number of aromatic nitrogens is 9. The Morgan fingerprint density at radius 3 is 2.85 bits per heavy atom. The van der Waals surface area contributed by atoms with Gasteiger partial charge in [-0.3, -0.25) is 14.9 Å². The molecule has 0 bridgehead atoms. The van der Waals surface area contributed by atoms with Crippen molar-refractivity contribution in [2.75, 3.05) is 0 Å². The van der Waals surface area contributed by atoms with Crippen molar-refractivity contribution in [3.8, 4) is 11.5 Å². The van der Waals surface area contributed by atoms with Crippen LogP contribution in [-0.2, 0) is 11.3 Å². The molecule has 0 radical (unpaired) electrons. The van der Waals surface area contributed by atoms with Crippen LogP contribution < -0.4 is 5.32 Å². The maximum Gasteiger partial charge on any atom is 0.249 e. The molecule has 1 atom stereocenters. The molecule has 27 heavy (non-hydrogen) atoms. The Kier molecular flexibility index (Phi) is 4.55. The van der Waals surface area contributed by atoms with Gasteiger partial charge in [0, 0.05) is 12.4 Å². The van der Waals surface area contributed by atoms with Crippen LogP contribution in [0.4, 0.5) is 0 Å². The zero-order valence-electron chi connectivity index (χ0n) is 14.0. The summed E-state index contributed by atoms with van der Waals surface area (Å²) in [5, 5.41) is 20.8. The van der Waals surface area contributed by atoms with Gasteiger partial charge >= 0.3 is 0 Å². The summed E-state index contributed by atoms with van der Waals surface area (Å²) < 4.78 is 1.40. The molecule has 0 saturated carbocycles. The number of aromatic amines is 1. The van der Waals surface area contributed by atoms with Crippen molar-refractivity contribution in [2.24, 2.45) is 0 Å². The maximum absolute atomic E-state index is 12.8. The summed E-state index contributed by atoms with van der Waals surface area (Å²) in [6.45, 7) is 0.164. The van der Waals surface area contributed by atoms with Crippen LogP contribution in [0.3, 0.4) is 0 Å². The summed E-state index contributed by atoms with van der Waals surface area (Å²) in [5.41, 5.74) is 1.31. The van der Waals surface area contributed by atoms with Crippen molar-refractivity contribution in [2.45, 2.75) is 12.6 Å². The minimum absolute atomic E-state index is 0.164. The van der Waals surface area contributed by atoms with Crippen molar-refractivity contribution >= 4 is 5.91 Å². The van der Waals surface area contributed by atoms with E-state index in [1.807, 2.05) is 30.3 Å². The minimum atomic E-state index is -0.691. The third-order valence-corrected chi connectivity index (χ3v) is 3.75. The molecule has 2 N–H and O–H groups in total. The summed E-state index contributed by atoms with van der Waals surface area (Å²) in [6, 6.07) is 8.57. The Labute approximate surface area is 152 Å². The van der Waals surface area contributed by atoms with E-state index in [0.717, 1.165) is 5.56 Å². The molecule has 4 rings (SSSR count). The number of nitrogens with zero attached hydrogens (tertiary/aromatic N) is 8. The Morgan fingerprint density at radius 1 is 1.22 bits per heavy atom. The highest BCUT2D eigenvalue weighted by atomic mass is 16.2. The average Bonchev–Trinajstić information content (AvgIpc) is 3.41. The van der Waals surface area contributed by atoms with E-state index >= 15 is 0 Å². The molecule has 134 valence electrons. The van der Waals surface area contributed by atoms with E-state index in [9.17, 15) is 4.79 Å². The molecule has 0 aliphatic heterocycles. The number of benzene rings is 1. The molecular formula is C16H14N10O. The van der Waals surface area contributed by atoms with Crippen LogP contribution >= 0.6 is 0 Å². The lowest BCUT2D eigenvalue weighted by molar-refractivity contribution is -0.123. The molecule has 4 aromatic rings. The van der Waals surface area contributed by atoms with Gasteiger partial charge in [-0.05, 0) is 16.0 Å². The van der Waals surface area contributed by atoms with Crippen LogP contribution in [0.1, 0.15) is 17.4 Å². The second-order valence-corrected chi connectivity index (χ2v) is 5.52. The summed E-state index contributed by atoms with van der Waals surface area (Å²) in [5.74, 6) is 0.630. The molecule has 11 nitrogen and oxygen atoms in total. The summed E-state index contributed by atoms with van der Waals surface area (Å²) >= 11 is 0. The predicted octanol–water partition coefficient (Wildman–Crippen LogP) is 0.154. The molecule has 3 aromatic heterocycles. The van der Waals surface area contributed by atoms with Crippen molar-refractivity contribution in [3.63, 3.8) is 0 Å². The maximum atomic E-state index is 12.8. The van der Waals surface area contributed by atoms with Crippen LogP contribution in [0.2, 0.25) is 0 Å². The molecule has 0 aliphatic rings. The number of tetrazole rings is 1. The first-order chi connectivity index (χ1) is 13.3. The molecule has 3 heterocycles. The lowest BCUT2D eigenvalue weighted by atomic mass is 10.1. The number of nitrogens with one attached hydrogen (secondary N) is 2. The van der Waals surface area contributed by atoms with E-state index in [0.29, 0.717) is 17.3 Å². The molecule has 1 unspecified atom stereocenters. The number of amides is 1. The quantitative estimate of drug-likeness (QED) is 0.494. The van der Waals surface area contributed by atoms with Gasteiger partial charge in [-0.25, -0.2) is 14.6 Å². The fourth-order valence-corrected chi connectivity index (χ4v) is 2.52. The molecule has 1 amide bonds. The van der Waals surface area contributed by atoms with E-state index in [-0.39, 0.29) is 12.5 Å². The van der Waals surface area contributed by atoms with Gasteiger partial charge < -0.3 is 5.32 Å². The standard InChI is InChI=1S/C16H14N10O/c27-16(14(26-10-20-24-25-26)11-4-2-1-3-5-11)19-9-13-21-15(23-22-13)12-8-17-6-7-18-12/h1-8,10,14H,9H2,(H,19,27)(H,21,22,23). The van der Waals surface area contributed by atoms with Gasteiger partial charge in [-0.15, -0.1) is 5.10 Å². The largest absolute Gasteiger partial charge is 0.347 e. The Balaban J connectivity index is 1.48. The summed E-state index contributed by atoms with van der Waals surface area (Å²) in [6.07, 6.45) is 6.09. The minimum Gasteiger partial charge on any atom is -0.347 e. The lowest BCUT2D eigenvalue weighted by Gasteiger charge is -2.16. The molecule has 11 heteroatoms. The molecule has 0 fully saturated rings. The summed E-state index contributed by atoms with van der Waals surface area (Å²) in [7, 11) is 0. The third kappa shape index (κ3) is 3.66. The topological polar surface area (TPSA) is 140 Å². The van der Waals surface area contributed by atoms with E-state index in [2.05, 4.69) is 46.0 Å².